The summed E-state index contributed by atoms with van der Waals surface area (Å²) >= 11 is 14.1. The molecule has 0 spiro atoms. The minimum absolute atomic E-state index is 0.0487. The van der Waals surface area contributed by atoms with Crippen LogP contribution in [0.2, 0.25) is 10.2 Å². The normalized spacial score (nSPS) is 19.1. The van der Waals surface area contributed by atoms with Crippen LogP contribution in [-0.2, 0) is 4.74 Å². The highest BCUT2D eigenvalue weighted by Crippen LogP contribution is 2.34. The smallest absolute Gasteiger partial charge is 0.256 e. The third kappa shape index (κ3) is 5.18. The molecule has 1 aromatic carbocycles. The van der Waals surface area contributed by atoms with E-state index in [1.54, 1.807) is 12.1 Å². The van der Waals surface area contributed by atoms with Crippen LogP contribution in [0.3, 0.4) is 0 Å². The first-order valence-electron chi connectivity index (χ1n) is 11.8. The maximum Gasteiger partial charge on any atom is 0.256 e. The van der Waals surface area contributed by atoms with Crippen LogP contribution >= 0.6 is 35.1 Å². The van der Waals surface area contributed by atoms with Gasteiger partial charge in [0.2, 0.25) is 0 Å². The number of rotatable bonds is 5. The van der Waals surface area contributed by atoms with Gasteiger partial charge in [-0.05, 0) is 31.0 Å². The van der Waals surface area contributed by atoms with Gasteiger partial charge in [-0.3, -0.25) is 4.79 Å². The Balaban J connectivity index is 1.54. The van der Waals surface area contributed by atoms with E-state index in [0.29, 0.717) is 41.1 Å². The van der Waals surface area contributed by atoms with Gasteiger partial charge in [0.15, 0.2) is 5.65 Å². The average molecular weight is 536 g/mol. The van der Waals surface area contributed by atoms with E-state index in [2.05, 4.69) is 14.6 Å². The van der Waals surface area contributed by atoms with Crippen molar-refractivity contribution in [1.82, 2.24) is 19.5 Å². The molecule has 186 valence electrons. The molecule has 35 heavy (non-hydrogen) atoms. The van der Waals surface area contributed by atoms with E-state index >= 15 is 0 Å². The summed E-state index contributed by atoms with van der Waals surface area (Å²) in [6.45, 7) is 3.50. The van der Waals surface area contributed by atoms with Gasteiger partial charge in [0, 0.05) is 43.0 Å². The van der Waals surface area contributed by atoms with Crippen LogP contribution < -0.4 is 9.62 Å². The third-order valence-corrected chi connectivity index (χ3v) is 7.36. The summed E-state index contributed by atoms with van der Waals surface area (Å²) in [4.78, 5) is 22.6. The van der Waals surface area contributed by atoms with E-state index in [1.165, 1.54) is 11.9 Å². The van der Waals surface area contributed by atoms with Crippen molar-refractivity contribution in [2.75, 3.05) is 48.7 Å². The van der Waals surface area contributed by atoms with Crippen LogP contribution in [0.25, 0.3) is 5.65 Å². The van der Waals surface area contributed by atoms with Crippen molar-refractivity contribution in [2.45, 2.75) is 31.7 Å². The molecule has 1 unspecified atom stereocenters. The highest BCUT2D eigenvalue weighted by Gasteiger charge is 2.31. The molecule has 2 fully saturated rings. The summed E-state index contributed by atoms with van der Waals surface area (Å²) in [5, 5.41) is 5.93. The number of hydrogen-bond donors (Lipinski definition) is 1. The van der Waals surface area contributed by atoms with E-state index in [4.69, 9.17) is 33.0 Å². The quantitative estimate of drug-likeness (QED) is 0.350. The highest BCUT2D eigenvalue weighted by atomic mass is 35.5. The lowest BCUT2D eigenvalue weighted by Gasteiger charge is -2.30. The molecular weight excluding hydrogens is 507 g/mol. The van der Waals surface area contributed by atoms with E-state index in [0.717, 1.165) is 56.0 Å². The number of carbonyl (C=O) groups excluding carboxylic acids is 1. The lowest BCUT2D eigenvalue weighted by molar-refractivity contribution is 0.0678. The van der Waals surface area contributed by atoms with Crippen LogP contribution in [0.15, 0.2) is 30.3 Å². The van der Waals surface area contributed by atoms with Crippen molar-refractivity contribution >= 4 is 58.2 Å². The van der Waals surface area contributed by atoms with Crippen LogP contribution in [0, 0.1) is 0 Å². The van der Waals surface area contributed by atoms with E-state index < -0.39 is 0 Å². The van der Waals surface area contributed by atoms with Crippen molar-refractivity contribution in [2.24, 2.45) is 0 Å². The summed E-state index contributed by atoms with van der Waals surface area (Å²) < 4.78 is 10.6. The third-order valence-electron chi connectivity index (χ3n) is 6.51. The van der Waals surface area contributed by atoms with Gasteiger partial charge in [0.05, 0.1) is 36.2 Å². The minimum atomic E-state index is -0.163. The summed E-state index contributed by atoms with van der Waals surface area (Å²) in [5.41, 5.74) is 2.83. The fraction of sp³-hybridized carbons (Fsp3) is 0.458. The number of nitrogens with zero attached hydrogens (tertiary/aromatic N) is 5. The van der Waals surface area contributed by atoms with Gasteiger partial charge in [-0.2, -0.15) is 9.61 Å². The molecule has 2 aliphatic heterocycles. The first kappa shape index (κ1) is 24.5. The first-order chi connectivity index (χ1) is 17.0. The molecule has 8 nitrogen and oxygen atoms in total. The second kappa shape index (κ2) is 10.8. The molecule has 1 atom stereocenters. The number of amides is 1. The first-order valence-corrected chi connectivity index (χ1v) is 13.8. The molecule has 1 amide bonds. The largest absolute Gasteiger partial charge is 0.378 e. The van der Waals surface area contributed by atoms with Gasteiger partial charge in [-0.15, -0.1) is 0 Å². The Morgan fingerprint density at radius 2 is 1.94 bits per heavy atom. The molecule has 1 N–H and O–H groups in total. The van der Waals surface area contributed by atoms with Crippen molar-refractivity contribution in [3.05, 3.63) is 51.8 Å². The Kier molecular flexibility index (Phi) is 7.57. The van der Waals surface area contributed by atoms with Crippen LogP contribution in [0.4, 0.5) is 11.5 Å². The maximum atomic E-state index is 13.9. The molecule has 0 bridgehead atoms. The molecule has 2 saturated heterocycles. The Morgan fingerprint density at radius 1 is 1.11 bits per heavy atom. The Hall–Kier alpha value is -2.20. The van der Waals surface area contributed by atoms with Crippen LogP contribution in [-0.4, -0.2) is 64.5 Å². The zero-order chi connectivity index (χ0) is 24.4. The average Bonchev–Trinajstić information content (AvgIpc) is 3.13. The number of nitrogens with one attached hydrogen (secondary N) is 1. The van der Waals surface area contributed by atoms with Gasteiger partial charge in [-0.25, -0.2) is 4.98 Å². The number of benzene rings is 1. The molecule has 5 rings (SSSR count). The number of hydrogen-bond acceptors (Lipinski definition) is 7. The number of morpholine rings is 1. The Bertz CT molecular complexity index is 1220. The van der Waals surface area contributed by atoms with Gasteiger partial charge in [-0.1, -0.05) is 48.0 Å². The van der Waals surface area contributed by atoms with Gasteiger partial charge >= 0.3 is 0 Å². The topological polar surface area (TPSA) is 75.0 Å². The second-order valence-corrected chi connectivity index (χ2v) is 10.2. The van der Waals surface area contributed by atoms with Crippen molar-refractivity contribution < 1.29 is 9.53 Å². The zero-order valence-corrected chi connectivity index (χ0v) is 21.9. The number of ether oxygens (including phenoxy) is 1. The van der Waals surface area contributed by atoms with Crippen LogP contribution in [0.5, 0.6) is 0 Å². The van der Waals surface area contributed by atoms with Gasteiger partial charge in [0.25, 0.3) is 5.91 Å². The molecule has 2 aliphatic rings. The lowest BCUT2D eigenvalue weighted by Crippen LogP contribution is -2.37. The standard InChI is InChI=1S/C24H28Cl2N6O2S/c1-35-29-18-7-6-16(25)13-17(18)24(33)31-8-4-2-3-5-20(31)19-14-22-27-21(26)15-23(32(22)28-19)30-9-11-34-12-10-30/h6-7,13-15,20,29H,2-5,8-12H2,1H3. The zero-order valence-electron chi connectivity index (χ0n) is 19.5. The molecule has 4 heterocycles. The lowest BCUT2D eigenvalue weighted by atomic mass is 10.0. The molecule has 0 radical (unpaired) electrons. The monoisotopic (exact) mass is 534 g/mol. The van der Waals surface area contributed by atoms with Crippen molar-refractivity contribution in [1.29, 1.82) is 0 Å². The van der Waals surface area contributed by atoms with E-state index in [1.807, 2.05) is 33.9 Å². The number of anilines is 2. The number of fused-ring (bicyclic) bond motifs is 1. The summed E-state index contributed by atoms with van der Waals surface area (Å²) in [7, 11) is 0. The molecule has 11 heteroatoms. The van der Waals surface area contributed by atoms with Crippen molar-refractivity contribution in [3.63, 3.8) is 0 Å². The van der Waals surface area contributed by atoms with Gasteiger partial charge < -0.3 is 19.3 Å². The number of halogens is 2. The Labute approximate surface area is 219 Å². The minimum Gasteiger partial charge on any atom is -0.378 e. The summed E-state index contributed by atoms with van der Waals surface area (Å²) in [6.07, 6.45) is 5.81. The predicted molar refractivity (Wildman–Crippen MR) is 142 cm³/mol. The highest BCUT2D eigenvalue weighted by molar-refractivity contribution is 7.99. The SMILES string of the molecule is CSNc1ccc(Cl)cc1C(=O)N1CCCCCC1c1cc2nc(Cl)cc(N3CCOCC3)n2n1. The van der Waals surface area contributed by atoms with E-state index in [-0.39, 0.29) is 11.9 Å². The van der Waals surface area contributed by atoms with Crippen molar-refractivity contribution in [3.8, 4) is 0 Å². The van der Waals surface area contributed by atoms with Gasteiger partial charge in [0.1, 0.15) is 11.0 Å². The number of aromatic nitrogens is 3. The molecule has 0 saturated carbocycles. The summed E-state index contributed by atoms with van der Waals surface area (Å²) in [5.74, 6) is 0.842. The molecule has 2 aromatic heterocycles. The predicted octanol–water partition coefficient (Wildman–Crippen LogP) is 5.32. The summed E-state index contributed by atoms with van der Waals surface area (Å²) in [6, 6.07) is 9.03. The van der Waals surface area contributed by atoms with Crippen LogP contribution in [0.1, 0.15) is 47.8 Å². The number of likely N-dealkylation sites (tertiary alicyclic amines) is 1. The molecular formula is C24H28Cl2N6O2S. The fourth-order valence-electron chi connectivity index (χ4n) is 4.83. The second-order valence-electron chi connectivity index (χ2n) is 8.74. The fourth-order valence-corrected chi connectivity index (χ4v) is 5.59. The van der Waals surface area contributed by atoms with E-state index in [9.17, 15) is 4.79 Å². The molecule has 3 aromatic rings. The Morgan fingerprint density at radius 3 is 2.74 bits per heavy atom. The molecule has 0 aliphatic carbocycles. The maximum absolute atomic E-state index is 13.9. The number of carbonyl (C=O) groups is 1.